The number of carbonyl (C=O) groups is 1. The van der Waals surface area contributed by atoms with Crippen LogP contribution in [0.3, 0.4) is 0 Å². The molecule has 0 bridgehead atoms. The Morgan fingerprint density at radius 3 is 2.79 bits per heavy atom. The summed E-state index contributed by atoms with van der Waals surface area (Å²) in [6.45, 7) is 6.75. The first-order chi connectivity index (χ1) is 13.5. The van der Waals surface area contributed by atoms with Crippen molar-refractivity contribution in [2.75, 3.05) is 6.54 Å². The van der Waals surface area contributed by atoms with Gasteiger partial charge in [-0.05, 0) is 63.3 Å². The SMILES string of the molecule is Cc1ncc(-c2ccncc2C)c([C@H]2CCCCN2C(=O)c2csc(C)c2)n1. The van der Waals surface area contributed by atoms with E-state index in [-0.39, 0.29) is 11.9 Å². The predicted molar refractivity (Wildman–Crippen MR) is 111 cm³/mol. The van der Waals surface area contributed by atoms with Gasteiger partial charge in [-0.25, -0.2) is 9.97 Å². The van der Waals surface area contributed by atoms with E-state index in [2.05, 4.69) is 9.97 Å². The van der Waals surface area contributed by atoms with Gasteiger partial charge in [-0.1, -0.05) is 0 Å². The highest BCUT2D eigenvalue weighted by molar-refractivity contribution is 7.10. The topological polar surface area (TPSA) is 59.0 Å². The predicted octanol–water partition coefficient (Wildman–Crippen LogP) is 4.89. The van der Waals surface area contributed by atoms with Gasteiger partial charge in [-0.15, -0.1) is 11.3 Å². The summed E-state index contributed by atoms with van der Waals surface area (Å²) >= 11 is 1.62. The Labute approximate surface area is 169 Å². The highest BCUT2D eigenvalue weighted by Crippen LogP contribution is 2.37. The summed E-state index contributed by atoms with van der Waals surface area (Å²) in [4.78, 5) is 29.9. The number of thiophene rings is 1. The zero-order chi connectivity index (χ0) is 19.7. The molecule has 144 valence electrons. The number of hydrogen-bond donors (Lipinski definition) is 0. The van der Waals surface area contributed by atoms with Crippen molar-refractivity contribution in [2.45, 2.75) is 46.1 Å². The summed E-state index contributed by atoms with van der Waals surface area (Å²) in [7, 11) is 0. The molecule has 3 aromatic heterocycles. The Morgan fingerprint density at radius 2 is 2.04 bits per heavy atom. The number of pyridine rings is 1. The van der Waals surface area contributed by atoms with Crippen molar-refractivity contribution < 1.29 is 4.79 Å². The van der Waals surface area contributed by atoms with Crippen LogP contribution in [0, 0.1) is 20.8 Å². The van der Waals surface area contributed by atoms with Crippen molar-refractivity contribution in [3.05, 3.63) is 63.6 Å². The summed E-state index contributed by atoms with van der Waals surface area (Å²) < 4.78 is 0. The Balaban J connectivity index is 1.79. The third-order valence-corrected chi connectivity index (χ3v) is 6.17. The molecule has 0 radical (unpaired) electrons. The van der Waals surface area contributed by atoms with E-state index < -0.39 is 0 Å². The normalized spacial score (nSPS) is 17.0. The van der Waals surface area contributed by atoms with E-state index in [0.29, 0.717) is 0 Å². The fourth-order valence-corrected chi connectivity index (χ4v) is 4.58. The highest BCUT2D eigenvalue weighted by Gasteiger charge is 2.32. The molecule has 0 aromatic carbocycles. The van der Waals surface area contributed by atoms with Crippen molar-refractivity contribution >= 4 is 17.2 Å². The molecule has 0 saturated carbocycles. The maximum Gasteiger partial charge on any atom is 0.255 e. The summed E-state index contributed by atoms with van der Waals surface area (Å²) in [5.74, 6) is 0.831. The summed E-state index contributed by atoms with van der Waals surface area (Å²) in [5, 5.41) is 1.96. The number of carbonyl (C=O) groups excluding carboxylic acids is 1. The zero-order valence-corrected chi connectivity index (χ0v) is 17.3. The van der Waals surface area contributed by atoms with E-state index in [1.165, 1.54) is 0 Å². The highest BCUT2D eigenvalue weighted by atomic mass is 32.1. The molecule has 1 aliphatic heterocycles. The van der Waals surface area contributed by atoms with Crippen molar-refractivity contribution in [1.82, 2.24) is 19.9 Å². The first-order valence-corrected chi connectivity index (χ1v) is 10.5. The van der Waals surface area contributed by atoms with Crippen molar-refractivity contribution in [3.8, 4) is 11.1 Å². The average Bonchev–Trinajstić information content (AvgIpc) is 3.14. The Kier molecular flexibility index (Phi) is 5.22. The van der Waals surface area contributed by atoms with Crippen LogP contribution in [0.4, 0.5) is 0 Å². The number of rotatable bonds is 3. The zero-order valence-electron chi connectivity index (χ0n) is 16.5. The van der Waals surface area contributed by atoms with Gasteiger partial charge in [0.25, 0.3) is 5.91 Å². The molecular weight excluding hydrogens is 368 g/mol. The lowest BCUT2D eigenvalue weighted by Crippen LogP contribution is -2.39. The van der Waals surface area contributed by atoms with Gasteiger partial charge in [0.1, 0.15) is 5.82 Å². The Hall–Kier alpha value is -2.60. The van der Waals surface area contributed by atoms with E-state index >= 15 is 0 Å². The monoisotopic (exact) mass is 392 g/mol. The number of hydrogen-bond acceptors (Lipinski definition) is 5. The molecule has 5 nitrogen and oxygen atoms in total. The first kappa shape index (κ1) is 18.7. The molecule has 4 heterocycles. The molecule has 4 rings (SSSR count). The van der Waals surface area contributed by atoms with Gasteiger partial charge in [0.15, 0.2) is 0 Å². The number of aryl methyl sites for hydroxylation is 3. The minimum atomic E-state index is -0.0364. The maximum atomic E-state index is 13.3. The Bertz CT molecular complexity index is 1010. The Morgan fingerprint density at radius 1 is 1.18 bits per heavy atom. The van der Waals surface area contributed by atoms with Gasteiger partial charge < -0.3 is 4.90 Å². The number of likely N-dealkylation sites (tertiary alicyclic amines) is 1. The molecule has 6 heteroatoms. The molecule has 1 fully saturated rings. The van der Waals surface area contributed by atoms with Crippen LogP contribution in [0.1, 0.15) is 57.6 Å². The molecule has 0 N–H and O–H groups in total. The molecular formula is C22H24N4OS. The van der Waals surface area contributed by atoms with Crippen LogP contribution in [0.25, 0.3) is 11.1 Å². The largest absolute Gasteiger partial charge is 0.330 e. The molecule has 0 spiro atoms. The average molecular weight is 393 g/mol. The number of nitrogens with zero attached hydrogens (tertiary/aromatic N) is 4. The number of aromatic nitrogens is 3. The van der Waals surface area contributed by atoms with E-state index in [0.717, 1.165) is 64.5 Å². The van der Waals surface area contributed by atoms with Crippen LogP contribution >= 0.6 is 11.3 Å². The third-order valence-electron chi connectivity index (χ3n) is 5.31. The summed E-state index contributed by atoms with van der Waals surface area (Å²) in [5.41, 5.74) is 4.88. The smallest absolute Gasteiger partial charge is 0.255 e. The van der Waals surface area contributed by atoms with Gasteiger partial charge in [0, 0.05) is 41.0 Å². The fraction of sp³-hybridized carbons (Fsp3) is 0.364. The van der Waals surface area contributed by atoms with Crippen LogP contribution in [0.15, 0.2) is 36.1 Å². The van der Waals surface area contributed by atoms with Crippen LogP contribution < -0.4 is 0 Å². The molecule has 1 atom stereocenters. The van der Waals surface area contributed by atoms with E-state index in [1.54, 1.807) is 17.5 Å². The van der Waals surface area contributed by atoms with Crippen molar-refractivity contribution in [1.29, 1.82) is 0 Å². The molecule has 28 heavy (non-hydrogen) atoms. The molecule has 3 aromatic rings. The second-order valence-electron chi connectivity index (χ2n) is 7.36. The van der Waals surface area contributed by atoms with Crippen LogP contribution in [0.2, 0.25) is 0 Å². The molecule has 1 amide bonds. The first-order valence-electron chi connectivity index (χ1n) is 9.65. The minimum absolute atomic E-state index is 0.0364. The standard InChI is InChI=1S/C22H24N4OS/c1-14-11-23-8-7-18(14)19-12-24-16(3)25-21(19)20-6-4-5-9-26(20)22(27)17-10-15(2)28-13-17/h7-8,10-13,20H,4-6,9H2,1-3H3/t20-/m1/s1. The van der Waals surface area contributed by atoms with Gasteiger partial charge in [0.05, 0.1) is 17.3 Å². The lowest BCUT2D eigenvalue weighted by molar-refractivity contribution is 0.0607. The second-order valence-corrected chi connectivity index (χ2v) is 8.48. The minimum Gasteiger partial charge on any atom is -0.330 e. The van der Waals surface area contributed by atoms with Gasteiger partial charge >= 0.3 is 0 Å². The van der Waals surface area contributed by atoms with E-state index in [1.807, 2.05) is 55.6 Å². The summed E-state index contributed by atoms with van der Waals surface area (Å²) in [6, 6.07) is 3.95. The van der Waals surface area contributed by atoms with Gasteiger partial charge in [-0.3, -0.25) is 9.78 Å². The molecule has 1 aliphatic rings. The lowest BCUT2D eigenvalue weighted by atomic mass is 9.92. The number of piperidine rings is 1. The van der Waals surface area contributed by atoms with Gasteiger partial charge in [0.2, 0.25) is 0 Å². The molecule has 0 aliphatic carbocycles. The van der Waals surface area contributed by atoms with Crippen LogP contribution in [-0.2, 0) is 0 Å². The van der Waals surface area contributed by atoms with Crippen LogP contribution in [0.5, 0.6) is 0 Å². The van der Waals surface area contributed by atoms with Crippen molar-refractivity contribution in [3.63, 3.8) is 0 Å². The second kappa shape index (κ2) is 7.80. The number of amides is 1. The third kappa shape index (κ3) is 3.56. The molecule has 0 unspecified atom stereocenters. The molecule has 1 saturated heterocycles. The van der Waals surface area contributed by atoms with Crippen molar-refractivity contribution in [2.24, 2.45) is 0 Å². The maximum absolute atomic E-state index is 13.3. The van der Waals surface area contributed by atoms with E-state index in [9.17, 15) is 4.79 Å². The fourth-order valence-electron chi connectivity index (χ4n) is 3.90. The van der Waals surface area contributed by atoms with Crippen LogP contribution in [-0.4, -0.2) is 32.3 Å². The van der Waals surface area contributed by atoms with Gasteiger partial charge in [-0.2, -0.15) is 0 Å². The van der Waals surface area contributed by atoms with E-state index in [4.69, 9.17) is 4.98 Å². The lowest BCUT2D eigenvalue weighted by Gasteiger charge is -2.36. The summed E-state index contributed by atoms with van der Waals surface area (Å²) in [6.07, 6.45) is 8.59. The quantitative estimate of drug-likeness (QED) is 0.636.